The predicted molar refractivity (Wildman–Crippen MR) is 131 cm³/mol. The molecule has 1 unspecified atom stereocenters. The number of hydrogen-bond acceptors (Lipinski definition) is 4. The molecular weight excluding hydrogens is 443 g/mol. The molecule has 2 heterocycles. The molecule has 4 rings (SSSR count). The van der Waals surface area contributed by atoms with Gasteiger partial charge in [-0.05, 0) is 60.4 Å². The Kier molecular flexibility index (Phi) is 6.99. The van der Waals surface area contributed by atoms with Gasteiger partial charge in [-0.3, -0.25) is 0 Å². The first-order valence-electron chi connectivity index (χ1n) is 11.8. The predicted octanol–water partition coefficient (Wildman–Crippen LogP) is 8.37. The molecule has 1 fully saturated rings. The SMILES string of the molecule is C=C(Nc1cc2c(cc1C(C)C)NC(C1CCC(CC)CC1)S2)c1cccc(C(F)(F)F)n1. The highest BCUT2D eigenvalue weighted by Gasteiger charge is 2.34. The smallest absolute Gasteiger partial charge is 0.372 e. The molecule has 0 radical (unpaired) electrons. The number of aromatic nitrogens is 1. The number of hydrogen-bond donors (Lipinski definition) is 2. The highest BCUT2D eigenvalue weighted by Crippen LogP contribution is 2.48. The van der Waals surface area contributed by atoms with Crippen molar-refractivity contribution in [2.45, 2.75) is 75.2 Å². The highest BCUT2D eigenvalue weighted by molar-refractivity contribution is 8.00. The van der Waals surface area contributed by atoms with Crippen molar-refractivity contribution in [2.24, 2.45) is 11.8 Å². The number of nitrogens with zero attached hydrogens (tertiary/aromatic N) is 1. The average Bonchev–Trinajstić information content (AvgIpc) is 3.21. The summed E-state index contributed by atoms with van der Waals surface area (Å²) in [5.41, 5.74) is 2.76. The molecule has 1 aliphatic heterocycles. The maximum Gasteiger partial charge on any atom is 0.433 e. The van der Waals surface area contributed by atoms with Gasteiger partial charge in [-0.15, -0.1) is 0 Å². The number of rotatable bonds is 6. The Morgan fingerprint density at radius 3 is 2.58 bits per heavy atom. The summed E-state index contributed by atoms with van der Waals surface area (Å²) in [4.78, 5) is 4.94. The van der Waals surface area contributed by atoms with Crippen molar-refractivity contribution < 1.29 is 13.2 Å². The van der Waals surface area contributed by atoms with Crippen LogP contribution in [0.15, 0.2) is 41.8 Å². The lowest BCUT2D eigenvalue weighted by Crippen LogP contribution is -2.27. The van der Waals surface area contributed by atoms with Crippen molar-refractivity contribution in [1.82, 2.24) is 4.98 Å². The van der Waals surface area contributed by atoms with Crippen molar-refractivity contribution in [3.05, 3.63) is 53.9 Å². The third-order valence-corrected chi connectivity index (χ3v) is 8.21. The Balaban J connectivity index is 1.53. The van der Waals surface area contributed by atoms with Crippen molar-refractivity contribution in [2.75, 3.05) is 10.6 Å². The molecule has 0 saturated heterocycles. The summed E-state index contributed by atoms with van der Waals surface area (Å²) in [6.07, 6.45) is 1.93. The van der Waals surface area contributed by atoms with Crippen LogP contribution in [0, 0.1) is 11.8 Å². The molecule has 1 atom stereocenters. The van der Waals surface area contributed by atoms with Crippen molar-refractivity contribution in [1.29, 1.82) is 0 Å². The Labute approximate surface area is 198 Å². The lowest BCUT2D eigenvalue weighted by atomic mass is 9.80. The molecule has 0 bridgehead atoms. The first kappa shape index (κ1) is 24.0. The quantitative estimate of drug-likeness (QED) is 0.440. The van der Waals surface area contributed by atoms with E-state index in [4.69, 9.17) is 0 Å². The molecule has 33 heavy (non-hydrogen) atoms. The largest absolute Gasteiger partial charge is 0.433 e. The van der Waals surface area contributed by atoms with Gasteiger partial charge in [0.2, 0.25) is 0 Å². The van der Waals surface area contributed by atoms with Crippen molar-refractivity contribution >= 4 is 28.8 Å². The molecular formula is C26H32F3N3S. The molecule has 0 amide bonds. The van der Waals surface area contributed by atoms with Gasteiger partial charge >= 0.3 is 6.18 Å². The number of nitrogens with one attached hydrogen (secondary N) is 2. The lowest BCUT2D eigenvalue weighted by Gasteiger charge is -2.31. The number of thioether (sulfide) groups is 1. The van der Waals surface area contributed by atoms with Crippen LogP contribution in [0.3, 0.4) is 0 Å². The van der Waals surface area contributed by atoms with Gasteiger partial charge < -0.3 is 10.6 Å². The Hall–Kier alpha value is -2.15. The van der Waals surface area contributed by atoms with E-state index >= 15 is 0 Å². The monoisotopic (exact) mass is 475 g/mol. The zero-order valence-electron chi connectivity index (χ0n) is 19.4. The van der Waals surface area contributed by atoms with E-state index in [2.05, 4.69) is 55.1 Å². The topological polar surface area (TPSA) is 37.0 Å². The summed E-state index contributed by atoms with van der Waals surface area (Å²) in [7, 11) is 0. The van der Waals surface area contributed by atoms with Gasteiger partial charge in [-0.2, -0.15) is 13.2 Å². The van der Waals surface area contributed by atoms with Crippen LogP contribution in [-0.4, -0.2) is 10.4 Å². The van der Waals surface area contributed by atoms with Gasteiger partial charge in [0, 0.05) is 16.3 Å². The van der Waals surface area contributed by atoms with Gasteiger partial charge in [0.1, 0.15) is 5.69 Å². The van der Waals surface area contributed by atoms with Crippen LogP contribution in [0.25, 0.3) is 5.70 Å². The molecule has 178 valence electrons. The van der Waals surface area contributed by atoms with Crippen LogP contribution in [-0.2, 0) is 6.18 Å². The second kappa shape index (κ2) is 9.61. The summed E-state index contributed by atoms with van der Waals surface area (Å²) in [5.74, 6) is 1.77. The zero-order chi connectivity index (χ0) is 23.8. The van der Waals surface area contributed by atoms with Crippen LogP contribution in [0.1, 0.15) is 75.7 Å². The van der Waals surface area contributed by atoms with Crippen LogP contribution in [0.5, 0.6) is 0 Å². The summed E-state index contributed by atoms with van der Waals surface area (Å²) in [6.45, 7) is 10.5. The van der Waals surface area contributed by atoms with E-state index in [1.807, 2.05) is 11.8 Å². The molecule has 7 heteroatoms. The zero-order valence-corrected chi connectivity index (χ0v) is 20.2. The first-order valence-corrected chi connectivity index (χ1v) is 12.6. The number of benzene rings is 1. The minimum absolute atomic E-state index is 0.191. The molecule has 1 aliphatic carbocycles. The number of pyridine rings is 1. The van der Waals surface area contributed by atoms with E-state index in [1.54, 1.807) is 6.07 Å². The molecule has 2 N–H and O–H groups in total. The standard InChI is InChI=1S/C26H32F3N3S/c1-5-17-9-11-18(12-10-17)25-32-22-13-19(15(2)3)21(14-23(22)33-25)30-16(4)20-7-6-8-24(31-20)26(27,28)29/h6-8,13-15,17-18,25,30,32H,4-5,9-12H2,1-3H3. The third-order valence-electron chi connectivity index (χ3n) is 6.86. The van der Waals surface area contributed by atoms with Crippen LogP contribution in [0.4, 0.5) is 24.5 Å². The molecule has 1 aromatic heterocycles. The van der Waals surface area contributed by atoms with E-state index in [1.165, 1.54) is 43.1 Å². The van der Waals surface area contributed by atoms with E-state index in [0.717, 1.165) is 28.9 Å². The number of fused-ring (bicyclic) bond motifs is 1. The van der Waals surface area contributed by atoms with E-state index in [0.29, 0.717) is 17.0 Å². The fourth-order valence-electron chi connectivity index (χ4n) is 4.81. The molecule has 1 aromatic carbocycles. The number of halogens is 3. The summed E-state index contributed by atoms with van der Waals surface area (Å²) >= 11 is 1.87. The van der Waals surface area contributed by atoms with E-state index < -0.39 is 11.9 Å². The maximum atomic E-state index is 13.1. The molecule has 3 nitrogen and oxygen atoms in total. The molecule has 0 spiro atoms. The van der Waals surface area contributed by atoms with Crippen LogP contribution in [0.2, 0.25) is 0 Å². The molecule has 2 aromatic rings. The van der Waals surface area contributed by atoms with E-state index in [-0.39, 0.29) is 11.6 Å². The average molecular weight is 476 g/mol. The van der Waals surface area contributed by atoms with Gasteiger partial charge in [0.15, 0.2) is 0 Å². The number of alkyl halides is 3. The summed E-state index contributed by atoms with van der Waals surface area (Å²) in [5, 5.41) is 7.38. The summed E-state index contributed by atoms with van der Waals surface area (Å²) < 4.78 is 39.3. The van der Waals surface area contributed by atoms with Gasteiger partial charge in [0.05, 0.1) is 16.8 Å². The fraction of sp³-hybridized carbons (Fsp3) is 0.500. The van der Waals surface area contributed by atoms with Gasteiger partial charge in [-0.25, -0.2) is 4.98 Å². The van der Waals surface area contributed by atoms with Gasteiger partial charge in [0.25, 0.3) is 0 Å². The second-order valence-corrected chi connectivity index (χ2v) is 10.7. The Morgan fingerprint density at radius 2 is 1.94 bits per heavy atom. The van der Waals surface area contributed by atoms with Crippen molar-refractivity contribution in [3.63, 3.8) is 0 Å². The Morgan fingerprint density at radius 1 is 1.21 bits per heavy atom. The van der Waals surface area contributed by atoms with Gasteiger partial charge in [-0.1, -0.05) is 64.4 Å². The normalized spacial score (nSPS) is 22.7. The van der Waals surface area contributed by atoms with Crippen LogP contribution < -0.4 is 10.6 Å². The van der Waals surface area contributed by atoms with E-state index in [9.17, 15) is 13.2 Å². The second-order valence-electron chi connectivity index (χ2n) is 9.47. The summed E-state index contributed by atoms with van der Waals surface area (Å²) in [6, 6.07) is 8.18. The number of anilines is 2. The third kappa shape index (κ3) is 5.34. The molecule has 2 aliphatic rings. The maximum absolute atomic E-state index is 13.1. The first-order chi connectivity index (χ1) is 15.7. The minimum Gasteiger partial charge on any atom is -0.372 e. The Bertz CT molecular complexity index is 1010. The highest BCUT2D eigenvalue weighted by atomic mass is 32.2. The van der Waals surface area contributed by atoms with Crippen molar-refractivity contribution in [3.8, 4) is 0 Å². The minimum atomic E-state index is -4.49. The molecule has 1 saturated carbocycles. The van der Waals surface area contributed by atoms with Crippen LogP contribution >= 0.6 is 11.8 Å². The fourth-order valence-corrected chi connectivity index (χ4v) is 6.17. The lowest BCUT2D eigenvalue weighted by molar-refractivity contribution is -0.141.